The third-order valence-corrected chi connectivity index (χ3v) is 2.56. The molecule has 1 atom stereocenters. The summed E-state index contributed by atoms with van der Waals surface area (Å²) in [6, 6.07) is 8.70. The molecule has 78 valence electrons. The highest BCUT2D eigenvalue weighted by Gasteiger charge is 2.10. The molecule has 1 heteroatoms. The molecule has 1 aromatic rings. The van der Waals surface area contributed by atoms with Gasteiger partial charge in [0, 0.05) is 6.04 Å². The van der Waals surface area contributed by atoms with Gasteiger partial charge in [-0.2, -0.15) is 0 Å². The summed E-state index contributed by atoms with van der Waals surface area (Å²) in [5, 5.41) is 0. The van der Waals surface area contributed by atoms with Gasteiger partial charge in [0.25, 0.3) is 0 Å². The number of nitrogens with two attached hydrogens (primary N) is 1. The van der Waals surface area contributed by atoms with E-state index in [0.29, 0.717) is 5.92 Å². The molecule has 14 heavy (non-hydrogen) atoms. The minimum atomic E-state index is 0.200. The molecule has 0 aromatic heterocycles. The molecule has 1 rings (SSSR count). The number of benzene rings is 1. The van der Waals surface area contributed by atoms with E-state index in [1.807, 2.05) is 0 Å². The molecule has 1 unspecified atom stereocenters. The van der Waals surface area contributed by atoms with Crippen molar-refractivity contribution < 1.29 is 0 Å². The van der Waals surface area contributed by atoms with E-state index in [1.54, 1.807) is 0 Å². The zero-order chi connectivity index (χ0) is 10.6. The number of hydrogen-bond acceptors (Lipinski definition) is 1. The van der Waals surface area contributed by atoms with Crippen LogP contribution in [0, 0.1) is 5.92 Å². The first-order valence-electron chi connectivity index (χ1n) is 5.48. The second-order valence-electron chi connectivity index (χ2n) is 4.29. The Morgan fingerprint density at radius 3 is 2.43 bits per heavy atom. The topological polar surface area (TPSA) is 26.0 Å². The van der Waals surface area contributed by atoms with Crippen molar-refractivity contribution in [2.24, 2.45) is 11.7 Å². The van der Waals surface area contributed by atoms with E-state index in [2.05, 4.69) is 45.0 Å². The molecular weight excluding hydrogens is 170 g/mol. The lowest BCUT2D eigenvalue weighted by Crippen LogP contribution is -2.14. The molecule has 1 nitrogen and oxygen atoms in total. The summed E-state index contributed by atoms with van der Waals surface area (Å²) < 4.78 is 0. The quantitative estimate of drug-likeness (QED) is 0.776. The molecule has 0 radical (unpaired) electrons. The molecule has 0 fully saturated rings. The van der Waals surface area contributed by atoms with E-state index >= 15 is 0 Å². The van der Waals surface area contributed by atoms with E-state index in [-0.39, 0.29) is 6.04 Å². The summed E-state index contributed by atoms with van der Waals surface area (Å²) in [4.78, 5) is 0. The molecule has 0 amide bonds. The van der Waals surface area contributed by atoms with Crippen LogP contribution in [-0.4, -0.2) is 0 Å². The fourth-order valence-electron chi connectivity index (χ4n) is 1.85. The van der Waals surface area contributed by atoms with Gasteiger partial charge in [0.1, 0.15) is 0 Å². The molecule has 2 N–H and O–H groups in total. The monoisotopic (exact) mass is 191 g/mol. The molecule has 0 heterocycles. The average Bonchev–Trinajstić information content (AvgIpc) is 2.16. The van der Waals surface area contributed by atoms with Crippen LogP contribution in [0.5, 0.6) is 0 Å². The smallest absolute Gasteiger partial charge is 0.0300 e. The SMILES string of the molecule is CCc1ccccc1C(N)CC(C)C. The lowest BCUT2D eigenvalue weighted by Gasteiger charge is -2.17. The predicted octanol–water partition coefficient (Wildman–Crippen LogP) is 3.29. The van der Waals surface area contributed by atoms with Crippen LogP contribution >= 0.6 is 0 Å². The van der Waals surface area contributed by atoms with Crippen LogP contribution in [0.15, 0.2) is 24.3 Å². The van der Waals surface area contributed by atoms with Crippen molar-refractivity contribution >= 4 is 0 Å². The number of aryl methyl sites for hydroxylation is 1. The van der Waals surface area contributed by atoms with Crippen LogP contribution in [-0.2, 0) is 6.42 Å². The molecular formula is C13H21N. The zero-order valence-electron chi connectivity index (χ0n) is 9.46. The highest BCUT2D eigenvalue weighted by atomic mass is 14.6. The van der Waals surface area contributed by atoms with Crippen LogP contribution in [0.1, 0.15) is 44.4 Å². The summed E-state index contributed by atoms with van der Waals surface area (Å²) in [6.45, 7) is 6.61. The van der Waals surface area contributed by atoms with Gasteiger partial charge in [0.05, 0.1) is 0 Å². The van der Waals surface area contributed by atoms with Gasteiger partial charge in [-0.25, -0.2) is 0 Å². The van der Waals surface area contributed by atoms with Crippen LogP contribution < -0.4 is 5.73 Å². The fourth-order valence-corrected chi connectivity index (χ4v) is 1.85. The van der Waals surface area contributed by atoms with E-state index < -0.39 is 0 Å². The Bertz CT molecular complexity index is 278. The van der Waals surface area contributed by atoms with Crippen LogP contribution in [0.25, 0.3) is 0 Å². The van der Waals surface area contributed by atoms with Crippen molar-refractivity contribution in [2.45, 2.75) is 39.7 Å². The first-order chi connectivity index (χ1) is 6.65. The van der Waals surface area contributed by atoms with Crippen molar-refractivity contribution in [2.75, 3.05) is 0 Å². The minimum Gasteiger partial charge on any atom is -0.324 e. The predicted molar refractivity (Wildman–Crippen MR) is 62.2 cm³/mol. The molecule has 0 saturated carbocycles. The van der Waals surface area contributed by atoms with Crippen molar-refractivity contribution in [3.05, 3.63) is 35.4 Å². The highest BCUT2D eigenvalue weighted by Crippen LogP contribution is 2.22. The summed E-state index contributed by atoms with van der Waals surface area (Å²) >= 11 is 0. The lowest BCUT2D eigenvalue weighted by atomic mass is 9.93. The Kier molecular flexibility index (Phi) is 4.15. The molecule has 0 bridgehead atoms. The van der Waals surface area contributed by atoms with Crippen LogP contribution in [0.3, 0.4) is 0 Å². The molecule has 0 aliphatic rings. The molecule has 0 aliphatic heterocycles. The third kappa shape index (κ3) is 2.85. The van der Waals surface area contributed by atoms with Crippen molar-refractivity contribution in [1.29, 1.82) is 0 Å². The fraction of sp³-hybridized carbons (Fsp3) is 0.538. The summed E-state index contributed by atoms with van der Waals surface area (Å²) in [6.07, 6.45) is 2.14. The van der Waals surface area contributed by atoms with Gasteiger partial charge in [0.15, 0.2) is 0 Å². The van der Waals surface area contributed by atoms with Gasteiger partial charge in [-0.05, 0) is 29.9 Å². The molecule has 0 saturated heterocycles. The maximum Gasteiger partial charge on any atom is 0.0300 e. The Balaban J connectivity index is 2.82. The Morgan fingerprint density at radius 1 is 1.21 bits per heavy atom. The number of hydrogen-bond donors (Lipinski definition) is 1. The van der Waals surface area contributed by atoms with Crippen LogP contribution in [0.4, 0.5) is 0 Å². The average molecular weight is 191 g/mol. The molecule has 0 aliphatic carbocycles. The van der Waals surface area contributed by atoms with Gasteiger partial charge >= 0.3 is 0 Å². The lowest BCUT2D eigenvalue weighted by molar-refractivity contribution is 0.508. The highest BCUT2D eigenvalue weighted by molar-refractivity contribution is 5.29. The maximum absolute atomic E-state index is 6.17. The number of rotatable bonds is 4. The van der Waals surface area contributed by atoms with Crippen molar-refractivity contribution in [3.63, 3.8) is 0 Å². The molecule has 1 aromatic carbocycles. The van der Waals surface area contributed by atoms with E-state index in [4.69, 9.17) is 5.73 Å². The largest absolute Gasteiger partial charge is 0.324 e. The first kappa shape index (κ1) is 11.3. The Labute approximate surface area is 87.3 Å². The van der Waals surface area contributed by atoms with Crippen LogP contribution in [0.2, 0.25) is 0 Å². The Hall–Kier alpha value is -0.820. The van der Waals surface area contributed by atoms with E-state index in [0.717, 1.165) is 12.8 Å². The van der Waals surface area contributed by atoms with Crippen molar-refractivity contribution in [1.82, 2.24) is 0 Å². The molecule has 0 spiro atoms. The van der Waals surface area contributed by atoms with Gasteiger partial charge in [-0.15, -0.1) is 0 Å². The Morgan fingerprint density at radius 2 is 1.86 bits per heavy atom. The second-order valence-corrected chi connectivity index (χ2v) is 4.29. The van der Waals surface area contributed by atoms with Gasteiger partial charge in [-0.3, -0.25) is 0 Å². The minimum absolute atomic E-state index is 0.200. The summed E-state index contributed by atoms with van der Waals surface area (Å²) in [5.74, 6) is 0.662. The van der Waals surface area contributed by atoms with Gasteiger partial charge in [0.2, 0.25) is 0 Å². The van der Waals surface area contributed by atoms with Gasteiger partial charge < -0.3 is 5.73 Å². The first-order valence-corrected chi connectivity index (χ1v) is 5.48. The zero-order valence-corrected chi connectivity index (χ0v) is 9.46. The second kappa shape index (κ2) is 5.16. The summed E-state index contributed by atoms with van der Waals surface area (Å²) in [7, 11) is 0. The van der Waals surface area contributed by atoms with E-state index in [1.165, 1.54) is 11.1 Å². The van der Waals surface area contributed by atoms with Crippen molar-refractivity contribution in [3.8, 4) is 0 Å². The van der Waals surface area contributed by atoms with Gasteiger partial charge in [-0.1, -0.05) is 45.0 Å². The third-order valence-electron chi connectivity index (χ3n) is 2.56. The summed E-state index contributed by atoms with van der Waals surface area (Å²) in [5.41, 5.74) is 8.88. The standard InChI is InChI=1S/C13H21N/c1-4-11-7-5-6-8-12(11)13(14)9-10(2)3/h5-8,10,13H,4,9,14H2,1-3H3. The normalized spacial score (nSPS) is 13.2. The van der Waals surface area contributed by atoms with E-state index in [9.17, 15) is 0 Å². The maximum atomic E-state index is 6.17.